The number of hydrogen-bond acceptors (Lipinski definition) is 2. The highest BCUT2D eigenvalue weighted by molar-refractivity contribution is 5.60. The van der Waals surface area contributed by atoms with Crippen molar-refractivity contribution in [1.82, 2.24) is 0 Å². The van der Waals surface area contributed by atoms with E-state index in [1.54, 1.807) is 0 Å². The van der Waals surface area contributed by atoms with Crippen molar-refractivity contribution in [2.24, 2.45) is 0 Å². The maximum Gasteiger partial charge on any atom is 0.126 e. The lowest BCUT2D eigenvalue weighted by molar-refractivity contribution is 0.262. The molecule has 1 fully saturated rings. The van der Waals surface area contributed by atoms with E-state index in [2.05, 4.69) is 19.1 Å². The van der Waals surface area contributed by atoms with Gasteiger partial charge in [0.25, 0.3) is 0 Å². The van der Waals surface area contributed by atoms with E-state index in [9.17, 15) is 0 Å². The summed E-state index contributed by atoms with van der Waals surface area (Å²) in [7, 11) is 0. The van der Waals surface area contributed by atoms with Crippen LogP contribution in [0.25, 0.3) is 6.08 Å². The number of ether oxygens (including phenoxy) is 2. The molecule has 0 bridgehead atoms. The second-order valence-corrected chi connectivity index (χ2v) is 3.75. The molecule has 0 N–H and O–H groups in total. The van der Waals surface area contributed by atoms with E-state index in [0.29, 0.717) is 12.7 Å². The van der Waals surface area contributed by atoms with Gasteiger partial charge in [0.1, 0.15) is 18.5 Å². The normalized spacial score (nSPS) is 19.5. The third kappa shape index (κ3) is 2.60. The lowest BCUT2D eigenvalue weighted by Gasteiger charge is -2.10. The van der Waals surface area contributed by atoms with Gasteiger partial charge in [-0.2, -0.15) is 0 Å². The summed E-state index contributed by atoms with van der Waals surface area (Å²) < 4.78 is 10.8. The van der Waals surface area contributed by atoms with Gasteiger partial charge in [0.2, 0.25) is 0 Å². The fourth-order valence-electron chi connectivity index (χ4n) is 1.51. The van der Waals surface area contributed by atoms with Crippen molar-refractivity contribution in [3.05, 3.63) is 35.4 Å². The van der Waals surface area contributed by atoms with Crippen LogP contribution < -0.4 is 4.74 Å². The van der Waals surface area contributed by atoms with Crippen LogP contribution in [-0.2, 0) is 4.74 Å². The maximum atomic E-state index is 5.72. The Hall–Kier alpha value is -1.28. The summed E-state index contributed by atoms with van der Waals surface area (Å²) in [6.45, 7) is 5.61. The van der Waals surface area contributed by atoms with Crippen LogP contribution >= 0.6 is 0 Å². The molecule has 2 heteroatoms. The zero-order valence-electron chi connectivity index (χ0n) is 9.19. The molecule has 0 saturated carbocycles. The second kappa shape index (κ2) is 4.49. The Morgan fingerprint density at radius 1 is 1.53 bits per heavy atom. The van der Waals surface area contributed by atoms with Crippen molar-refractivity contribution < 1.29 is 9.47 Å². The predicted molar refractivity (Wildman–Crippen MR) is 61.1 cm³/mol. The quantitative estimate of drug-likeness (QED) is 0.703. The first-order valence-electron chi connectivity index (χ1n) is 5.28. The summed E-state index contributed by atoms with van der Waals surface area (Å²) in [6, 6.07) is 6.12. The van der Waals surface area contributed by atoms with Crippen LogP contribution in [0.15, 0.2) is 24.3 Å². The van der Waals surface area contributed by atoms with E-state index in [1.165, 1.54) is 11.1 Å². The van der Waals surface area contributed by atoms with Crippen LogP contribution in [0.2, 0.25) is 0 Å². The van der Waals surface area contributed by atoms with Crippen LogP contribution in [0, 0.1) is 6.92 Å². The van der Waals surface area contributed by atoms with Gasteiger partial charge in [0.15, 0.2) is 0 Å². The van der Waals surface area contributed by atoms with Crippen molar-refractivity contribution >= 4 is 6.08 Å². The average molecular weight is 204 g/mol. The van der Waals surface area contributed by atoms with Crippen LogP contribution in [0.1, 0.15) is 18.1 Å². The number of hydrogen-bond donors (Lipinski definition) is 0. The Kier molecular flexibility index (Phi) is 3.07. The Morgan fingerprint density at radius 2 is 2.33 bits per heavy atom. The van der Waals surface area contributed by atoms with E-state index < -0.39 is 0 Å². The molecule has 1 aliphatic rings. The Balaban J connectivity index is 2.15. The Bertz CT molecular complexity index is 365. The fraction of sp³-hybridized carbons (Fsp3) is 0.385. The summed E-state index contributed by atoms with van der Waals surface area (Å²) in [5.74, 6) is 0.948. The van der Waals surface area contributed by atoms with Gasteiger partial charge < -0.3 is 9.47 Å². The van der Waals surface area contributed by atoms with E-state index in [4.69, 9.17) is 9.47 Å². The summed E-state index contributed by atoms with van der Waals surface area (Å²) in [4.78, 5) is 0. The standard InChI is InChI=1S/C13H16O2/c1-3-5-12-10(2)6-4-7-13(12)15-9-11-8-14-11/h3-7,11H,8-9H2,1-2H3/b5-3-. The van der Waals surface area contributed by atoms with Crippen LogP contribution in [0.3, 0.4) is 0 Å². The highest BCUT2D eigenvalue weighted by Crippen LogP contribution is 2.24. The molecule has 1 atom stereocenters. The third-order valence-electron chi connectivity index (χ3n) is 2.44. The van der Waals surface area contributed by atoms with Crippen molar-refractivity contribution in [1.29, 1.82) is 0 Å². The van der Waals surface area contributed by atoms with Gasteiger partial charge in [0, 0.05) is 5.56 Å². The molecule has 80 valence electrons. The molecular weight excluding hydrogens is 188 g/mol. The van der Waals surface area contributed by atoms with Gasteiger partial charge in [-0.25, -0.2) is 0 Å². The highest BCUT2D eigenvalue weighted by Gasteiger charge is 2.23. The Morgan fingerprint density at radius 3 is 3.00 bits per heavy atom. The molecule has 0 spiro atoms. The van der Waals surface area contributed by atoms with Crippen molar-refractivity contribution in [3.8, 4) is 5.75 Å². The van der Waals surface area contributed by atoms with E-state index >= 15 is 0 Å². The zero-order chi connectivity index (χ0) is 10.7. The van der Waals surface area contributed by atoms with Gasteiger partial charge in [-0.1, -0.05) is 24.3 Å². The largest absolute Gasteiger partial charge is 0.490 e. The van der Waals surface area contributed by atoms with Gasteiger partial charge in [-0.3, -0.25) is 0 Å². The van der Waals surface area contributed by atoms with E-state index in [0.717, 1.165) is 12.4 Å². The van der Waals surface area contributed by atoms with Crippen molar-refractivity contribution in [3.63, 3.8) is 0 Å². The molecule has 2 rings (SSSR count). The van der Waals surface area contributed by atoms with E-state index in [1.807, 2.05) is 25.1 Å². The van der Waals surface area contributed by atoms with Gasteiger partial charge in [0.05, 0.1) is 6.61 Å². The summed E-state index contributed by atoms with van der Waals surface area (Å²) >= 11 is 0. The number of aryl methyl sites for hydroxylation is 1. The minimum atomic E-state index is 0.309. The Labute approximate surface area is 90.5 Å². The first kappa shape index (κ1) is 10.2. The first-order chi connectivity index (χ1) is 7.31. The van der Waals surface area contributed by atoms with Crippen LogP contribution in [0.4, 0.5) is 0 Å². The van der Waals surface area contributed by atoms with Crippen LogP contribution in [-0.4, -0.2) is 19.3 Å². The predicted octanol–water partition coefficient (Wildman–Crippen LogP) is 2.81. The van der Waals surface area contributed by atoms with Gasteiger partial charge >= 0.3 is 0 Å². The summed E-state index contributed by atoms with van der Waals surface area (Å²) in [5, 5.41) is 0. The number of allylic oxidation sites excluding steroid dienone is 1. The first-order valence-corrected chi connectivity index (χ1v) is 5.28. The fourth-order valence-corrected chi connectivity index (χ4v) is 1.51. The minimum absolute atomic E-state index is 0.309. The maximum absolute atomic E-state index is 5.72. The molecule has 1 unspecified atom stereocenters. The topological polar surface area (TPSA) is 21.8 Å². The average Bonchev–Trinajstić information content (AvgIpc) is 3.03. The molecular formula is C13H16O2. The lowest BCUT2D eigenvalue weighted by atomic mass is 10.1. The molecule has 0 radical (unpaired) electrons. The molecule has 1 saturated heterocycles. The molecule has 15 heavy (non-hydrogen) atoms. The third-order valence-corrected chi connectivity index (χ3v) is 2.44. The zero-order valence-corrected chi connectivity index (χ0v) is 9.19. The second-order valence-electron chi connectivity index (χ2n) is 3.75. The summed E-state index contributed by atoms with van der Waals surface area (Å²) in [5.41, 5.74) is 2.41. The molecule has 2 nitrogen and oxygen atoms in total. The monoisotopic (exact) mass is 204 g/mol. The molecule has 1 aliphatic heterocycles. The molecule has 0 amide bonds. The van der Waals surface area contributed by atoms with Gasteiger partial charge in [-0.05, 0) is 25.5 Å². The molecule has 1 aromatic carbocycles. The number of rotatable bonds is 4. The molecule has 0 aromatic heterocycles. The minimum Gasteiger partial charge on any atom is -0.490 e. The lowest BCUT2D eigenvalue weighted by Crippen LogP contribution is -2.05. The molecule has 0 aliphatic carbocycles. The SMILES string of the molecule is C/C=C\c1c(C)cccc1OCC1CO1. The van der Waals surface area contributed by atoms with Gasteiger partial charge in [-0.15, -0.1) is 0 Å². The highest BCUT2D eigenvalue weighted by atomic mass is 16.6. The number of epoxide rings is 1. The van der Waals surface area contributed by atoms with Crippen LogP contribution in [0.5, 0.6) is 5.75 Å². The summed E-state index contributed by atoms with van der Waals surface area (Å²) in [6.07, 6.45) is 4.42. The molecule has 1 aromatic rings. The number of benzene rings is 1. The molecule has 1 heterocycles. The van der Waals surface area contributed by atoms with E-state index in [-0.39, 0.29) is 0 Å². The van der Waals surface area contributed by atoms with Crippen molar-refractivity contribution in [2.45, 2.75) is 20.0 Å². The van der Waals surface area contributed by atoms with Crippen molar-refractivity contribution in [2.75, 3.05) is 13.2 Å². The smallest absolute Gasteiger partial charge is 0.126 e.